The van der Waals surface area contributed by atoms with Crippen LogP contribution in [0.1, 0.15) is 42.1 Å². The van der Waals surface area contributed by atoms with Crippen molar-refractivity contribution in [3.63, 3.8) is 0 Å². The van der Waals surface area contributed by atoms with Crippen molar-refractivity contribution in [2.75, 3.05) is 6.54 Å². The lowest BCUT2D eigenvalue weighted by Crippen LogP contribution is -2.34. The van der Waals surface area contributed by atoms with Gasteiger partial charge in [-0.1, -0.05) is 37.6 Å². The molecule has 1 heterocycles. The minimum Gasteiger partial charge on any atom is -0.351 e. The van der Waals surface area contributed by atoms with E-state index < -0.39 is 0 Å². The fraction of sp³-hybridized carbons (Fsp3) is 0.389. The number of halogens is 1. The lowest BCUT2D eigenvalue weighted by Gasteiger charge is -2.12. The molecule has 0 aliphatic carbocycles. The molecule has 0 saturated heterocycles. The van der Waals surface area contributed by atoms with Crippen LogP contribution in [0.25, 0.3) is 0 Å². The number of aryl methyl sites for hydroxylation is 1. The highest BCUT2D eigenvalue weighted by Crippen LogP contribution is 2.21. The third kappa shape index (κ3) is 7.16. The standard InChI is InChI=1S/C16H19ClN2OS.C2H6/c1-11-3-8-15(21-11)12(2)18-10-16(20)19-9-13-4-6-14(17)7-5-13;1-2/h3-8,12,18H,9-10H2,1-2H3,(H,19,20);1-2H3. The Kier molecular flexibility index (Phi) is 8.92. The summed E-state index contributed by atoms with van der Waals surface area (Å²) in [6, 6.07) is 11.8. The molecule has 126 valence electrons. The molecule has 1 aromatic heterocycles. The number of hydrogen-bond donors (Lipinski definition) is 2. The summed E-state index contributed by atoms with van der Waals surface area (Å²) >= 11 is 7.57. The normalized spacial score (nSPS) is 11.3. The topological polar surface area (TPSA) is 41.1 Å². The van der Waals surface area contributed by atoms with Crippen molar-refractivity contribution in [3.8, 4) is 0 Å². The first-order chi connectivity index (χ1) is 11.0. The quantitative estimate of drug-likeness (QED) is 0.790. The van der Waals surface area contributed by atoms with Crippen LogP contribution < -0.4 is 10.6 Å². The van der Waals surface area contributed by atoms with Crippen LogP contribution in [0.3, 0.4) is 0 Å². The minimum absolute atomic E-state index is 0.00919. The molecule has 0 aliphatic rings. The summed E-state index contributed by atoms with van der Waals surface area (Å²) in [7, 11) is 0. The summed E-state index contributed by atoms with van der Waals surface area (Å²) < 4.78 is 0. The molecule has 5 heteroatoms. The van der Waals surface area contributed by atoms with Crippen molar-refractivity contribution in [2.45, 2.75) is 40.3 Å². The Morgan fingerprint density at radius 3 is 2.39 bits per heavy atom. The fourth-order valence-electron chi connectivity index (χ4n) is 1.90. The van der Waals surface area contributed by atoms with Gasteiger partial charge in [-0.05, 0) is 43.7 Å². The van der Waals surface area contributed by atoms with Gasteiger partial charge in [0.2, 0.25) is 5.91 Å². The van der Waals surface area contributed by atoms with Crippen molar-refractivity contribution in [3.05, 3.63) is 56.7 Å². The van der Waals surface area contributed by atoms with Crippen molar-refractivity contribution in [2.24, 2.45) is 0 Å². The summed E-state index contributed by atoms with van der Waals surface area (Å²) in [6.07, 6.45) is 0. The Bertz CT molecular complexity index is 595. The van der Waals surface area contributed by atoms with Gasteiger partial charge in [0.25, 0.3) is 0 Å². The average molecular weight is 353 g/mol. The van der Waals surface area contributed by atoms with Gasteiger partial charge in [-0.15, -0.1) is 11.3 Å². The van der Waals surface area contributed by atoms with Gasteiger partial charge in [0, 0.05) is 27.4 Å². The predicted molar refractivity (Wildman–Crippen MR) is 100 cm³/mol. The molecule has 2 N–H and O–H groups in total. The molecule has 0 saturated carbocycles. The van der Waals surface area contributed by atoms with E-state index >= 15 is 0 Å². The van der Waals surface area contributed by atoms with E-state index in [0.717, 1.165) is 5.56 Å². The molecule has 23 heavy (non-hydrogen) atoms. The van der Waals surface area contributed by atoms with Crippen molar-refractivity contribution < 1.29 is 4.79 Å². The lowest BCUT2D eigenvalue weighted by atomic mass is 10.2. The van der Waals surface area contributed by atoms with Gasteiger partial charge in [-0.2, -0.15) is 0 Å². The summed E-state index contributed by atoms with van der Waals surface area (Å²) in [5.74, 6) is -0.00919. The number of rotatable bonds is 6. The van der Waals surface area contributed by atoms with Crippen LogP contribution in [-0.2, 0) is 11.3 Å². The second kappa shape index (κ2) is 10.4. The van der Waals surface area contributed by atoms with Crippen LogP contribution >= 0.6 is 22.9 Å². The molecule has 2 aromatic rings. The zero-order valence-electron chi connectivity index (χ0n) is 14.2. The molecule has 0 fully saturated rings. The lowest BCUT2D eigenvalue weighted by molar-refractivity contribution is -0.120. The largest absolute Gasteiger partial charge is 0.351 e. The third-order valence-corrected chi connectivity index (χ3v) is 4.60. The second-order valence-electron chi connectivity index (χ2n) is 4.95. The number of carbonyl (C=O) groups excluding carboxylic acids is 1. The molecule has 0 radical (unpaired) electrons. The van der Waals surface area contributed by atoms with Crippen LogP contribution in [0.5, 0.6) is 0 Å². The Morgan fingerprint density at radius 1 is 1.17 bits per heavy atom. The molecular formula is C18H25ClN2OS. The van der Waals surface area contributed by atoms with Crippen molar-refractivity contribution in [1.29, 1.82) is 0 Å². The van der Waals surface area contributed by atoms with E-state index in [1.165, 1.54) is 9.75 Å². The fourth-order valence-corrected chi connectivity index (χ4v) is 2.93. The molecule has 1 amide bonds. The van der Waals surface area contributed by atoms with E-state index in [4.69, 9.17) is 11.6 Å². The van der Waals surface area contributed by atoms with Gasteiger partial charge in [0.15, 0.2) is 0 Å². The summed E-state index contributed by atoms with van der Waals surface area (Å²) in [6.45, 7) is 8.98. The highest BCUT2D eigenvalue weighted by Gasteiger charge is 2.09. The second-order valence-corrected chi connectivity index (χ2v) is 6.71. The van der Waals surface area contributed by atoms with Gasteiger partial charge >= 0.3 is 0 Å². The summed E-state index contributed by atoms with van der Waals surface area (Å²) in [5, 5.41) is 6.82. The Balaban J connectivity index is 0.00000127. The van der Waals surface area contributed by atoms with Crippen LogP contribution in [0, 0.1) is 6.92 Å². The van der Waals surface area contributed by atoms with Crippen LogP contribution in [0.15, 0.2) is 36.4 Å². The summed E-state index contributed by atoms with van der Waals surface area (Å²) in [5.41, 5.74) is 1.04. The Hall–Kier alpha value is -1.36. The highest BCUT2D eigenvalue weighted by molar-refractivity contribution is 7.12. The molecule has 0 spiro atoms. The van der Waals surface area contributed by atoms with Crippen molar-refractivity contribution >= 4 is 28.8 Å². The number of thiophene rings is 1. The number of nitrogens with one attached hydrogen (secondary N) is 2. The van der Waals surface area contributed by atoms with Gasteiger partial charge in [0.1, 0.15) is 0 Å². The number of amides is 1. The minimum atomic E-state index is -0.00919. The molecular weight excluding hydrogens is 328 g/mol. The maximum Gasteiger partial charge on any atom is 0.234 e. The monoisotopic (exact) mass is 352 g/mol. The maximum absolute atomic E-state index is 11.8. The molecule has 1 unspecified atom stereocenters. The Morgan fingerprint density at radius 2 is 1.83 bits per heavy atom. The van der Waals surface area contributed by atoms with E-state index in [1.54, 1.807) is 11.3 Å². The number of hydrogen-bond acceptors (Lipinski definition) is 3. The molecule has 0 bridgehead atoms. The average Bonchev–Trinajstić information content (AvgIpc) is 3.00. The van der Waals surface area contributed by atoms with E-state index in [-0.39, 0.29) is 11.9 Å². The van der Waals surface area contributed by atoms with Gasteiger partial charge in [-0.3, -0.25) is 4.79 Å². The molecule has 2 rings (SSSR count). The van der Waals surface area contributed by atoms with Gasteiger partial charge in [-0.25, -0.2) is 0 Å². The SMILES string of the molecule is CC.Cc1ccc(C(C)NCC(=O)NCc2ccc(Cl)cc2)s1. The Labute approximate surface area is 148 Å². The maximum atomic E-state index is 11.8. The number of carbonyl (C=O) groups is 1. The third-order valence-electron chi connectivity index (χ3n) is 3.16. The summed E-state index contributed by atoms with van der Waals surface area (Å²) in [4.78, 5) is 14.4. The zero-order chi connectivity index (χ0) is 17.2. The molecule has 1 atom stereocenters. The van der Waals surface area contributed by atoms with E-state index in [0.29, 0.717) is 18.1 Å². The molecule has 0 aliphatic heterocycles. The van der Waals surface area contributed by atoms with Gasteiger partial charge in [0.05, 0.1) is 6.54 Å². The molecule has 3 nitrogen and oxygen atoms in total. The molecule has 1 aromatic carbocycles. The first-order valence-electron chi connectivity index (χ1n) is 7.85. The first kappa shape index (κ1) is 19.7. The van der Waals surface area contributed by atoms with E-state index in [2.05, 4.69) is 36.6 Å². The van der Waals surface area contributed by atoms with Gasteiger partial charge < -0.3 is 10.6 Å². The highest BCUT2D eigenvalue weighted by atomic mass is 35.5. The van der Waals surface area contributed by atoms with Crippen LogP contribution in [-0.4, -0.2) is 12.5 Å². The van der Waals surface area contributed by atoms with E-state index in [9.17, 15) is 4.79 Å². The smallest absolute Gasteiger partial charge is 0.234 e. The van der Waals surface area contributed by atoms with Crippen LogP contribution in [0.2, 0.25) is 5.02 Å². The first-order valence-corrected chi connectivity index (χ1v) is 9.05. The van der Waals surface area contributed by atoms with Crippen molar-refractivity contribution in [1.82, 2.24) is 10.6 Å². The predicted octanol–water partition coefficient (Wildman–Crippen LogP) is 4.70. The number of benzene rings is 1. The zero-order valence-corrected chi connectivity index (χ0v) is 15.7. The van der Waals surface area contributed by atoms with E-state index in [1.807, 2.05) is 38.1 Å². The van der Waals surface area contributed by atoms with Crippen LogP contribution in [0.4, 0.5) is 0 Å².